The van der Waals surface area contributed by atoms with Gasteiger partial charge in [-0.1, -0.05) is 31.2 Å². The highest BCUT2D eigenvalue weighted by Crippen LogP contribution is 2.13. The molecule has 1 aromatic heterocycles. The van der Waals surface area contributed by atoms with Gasteiger partial charge in [-0.2, -0.15) is 0 Å². The number of hydrogen-bond donors (Lipinski definition) is 1. The maximum absolute atomic E-state index is 5.15. The third-order valence-electron chi connectivity index (χ3n) is 3.58. The maximum atomic E-state index is 5.15. The molecule has 2 nitrogen and oxygen atoms in total. The van der Waals surface area contributed by atoms with Gasteiger partial charge in [0.1, 0.15) is 0 Å². The summed E-state index contributed by atoms with van der Waals surface area (Å²) >= 11 is 0. The summed E-state index contributed by atoms with van der Waals surface area (Å²) < 4.78 is 5.15. The Morgan fingerprint density at radius 3 is 2.74 bits per heavy atom. The Morgan fingerprint density at radius 1 is 1.21 bits per heavy atom. The first-order valence-corrected chi connectivity index (χ1v) is 7.08. The first-order valence-electron chi connectivity index (χ1n) is 7.08. The third-order valence-corrected chi connectivity index (χ3v) is 3.58. The molecule has 0 aliphatic rings. The van der Waals surface area contributed by atoms with E-state index in [1.165, 1.54) is 16.7 Å². The molecule has 2 aromatic rings. The van der Waals surface area contributed by atoms with Gasteiger partial charge in [0.2, 0.25) is 0 Å². The summed E-state index contributed by atoms with van der Waals surface area (Å²) in [7, 11) is 0. The van der Waals surface area contributed by atoms with Gasteiger partial charge in [-0.15, -0.1) is 0 Å². The second-order valence-corrected chi connectivity index (χ2v) is 5.06. The molecular weight excluding hydrogens is 234 g/mol. The van der Waals surface area contributed by atoms with E-state index in [0.717, 1.165) is 25.8 Å². The van der Waals surface area contributed by atoms with Crippen LogP contribution in [-0.2, 0) is 12.8 Å². The number of aryl methyl sites for hydroxylation is 2. The molecule has 1 atom stereocenters. The van der Waals surface area contributed by atoms with Crippen molar-refractivity contribution in [2.75, 3.05) is 6.54 Å². The molecule has 19 heavy (non-hydrogen) atoms. The molecule has 1 aromatic carbocycles. The normalized spacial score (nSPS) is 12.5. The Balaban J connectivity index is 1.91. The van der Waals surface area contributed by atoms with E-state index >= 15 is 0 Å². The monoisotopic (exact) mass is 257 g/mol. The molecule has 0 saturated carbocycles. The molecule has 0 radical (unpaired) electrons. The summed E-state index contributed by atoms with van der Waals surface area (Å²) in [5, 5.41) is 3.57. The van der Waals surface area contributed by atoms with E-state index in [0.29, 0.717) is 6.04 Å². The minimum atomic E-state index is 0.516. The van der Waals surface area contributed by atoms with E-state index in [1.807, 2.05) is 6.26 Å². The standard InChI is InChI=1S/C17H23NO/c1-3-18-17(12-15-10-11-19-13-15)9-8-16-7-5-4-6-14(16)2/h4-7,10-11,13,17-18H,3,8-9,12H2,1-2H3. The Hall–Kier alpha value is -1.54. The smallest absolute Gasteiger partial charge is 0.0935 e. The highest BCUT2D eigenvalue weighted by Gasteiger charge is 2.10. The molecular formula is C17H23NO. The molecule has 1 N–H and O–H groups in total. The Kier molecular flexibility index (Phi) is 5.22. The lowest BCUT2D eigenvalue weighted by Crippen LogP contribution is -2.31. The van der Waals surface area contributed by atoms with Crippen LogP contribution in [0, 0.1) is 6.92 Å². The first kappa shape index (κ1) is 13.9. The quantitative estimate of drug-likeness (QED) is 0.817. The minimum Gasteiger partial charge on any atom is -0.472 e. The van der Waals surface area contributed by atoms with Crippen LogP contribution in [0.25, 0.3) is 0 Å². The van der Waals surface area contributed by atoms with Crippen molar-refractivity contribution in [3.8, 4) is 0 Å². The molecule has 0 spiro atoms. The van der Waals surface area contributed by atoms with Crippen molar-refractivity contribution in [3.05, 3.63) is 59.5 Å². The van der Waals surface area contributed by atoms with Crippen molar-refractivity contribution >= 4 is 0 Å². The van der Waals surface area contributed by atoms with E-state index in [1.54, 1.807) is 6.26 Å². The van der Waals surface area contributed by atoms with Gasteiger partial charge < -0.3 is 9.73 Å². The SMILES string of the molecule is CCNC(CCc1ccccc1C)Cc1ccoc1. The van der Waals surface area contributed by atoms with Gasteiger partial charge in [0.25, 0.3) is 0 Å². The summed E-state index contributed by atoms with van der Waals surface area (Å²) in [6.45, 7) is 5.36. The van der Waals surface area contributed by atoms with Crippen molar-refractivity contribution in [3.63, 3.8) is 0 Å². The van der Waals surface area contributed by atoms with Crippen molar-refractivity contribution in [1.82, 2.24) is 5.32 Å². The van der Waals surface area contributed by atoms with Gasteiger partial charge in [-0.05, 0) is 55.5 Å². The van der Waals surface area contributed by atoms with Crippen LogP contribution in [0.15, 0.2) is 47.3 Å². The van der Waals surface area contributed by atoms with Gasteiger partial charge in [0, 0.05) is 6.04 Å². The molecule has 2 heteroatoms. The van der Waals surface area contributed by atoms with Crippen LogP contribution in [0.1, 0.15) is 30.0 Å². The summed E-state index contributed by atoms with van der Waals surface area (Å²) in [5.74, 6) is 0. The number of likely N-dealkylation sites (N-methyl/N-ethyl adjacent to an activating group) is 1. The fourth-order valence-electron chi connectivity index (χ4n) is 2.48. The molecule has 0 amide bonds. The number of hydrogen-bond acceptors (Lipinski definition) is 2. The predicted octanol–water partition coefficient (Wildman–Crippen LogP) is 3.74. The van der Waals surface area contributed by atoms with Gasteiger partial charge in [0.05, 0.1) is 12.5 Å². The predicted molar refractivity (Wildman–Crippen MR) is 79.4 cm³/mol. The average molecular weight is 257 g/mol. The zero-order valence-corrected chi connectivity index (χ0v) is 11.9. The van der Waals surface area contributed by atoms with Crippen LogP contribution >= 0.6 is 0 Å². The van der Waals surface area contributed by atoms with Gasteiger partial charge in [-0.3, -0.25) is 0 Å². The summed E-state index contributed by atoms with van der Waals surface area (Å²) in [6.07, 6.45) is 6.92. The Morgan fingerprint density at radius 2 is 2.05 bits per heavy atom. The molecule has 0 aliphatic heterocycles. The van der Waals surface area contributed by atoms with Crippen molar-refractivity contribution in [1.29, 1.82) is 0 Å². The Labute approximate surface area is 115 Å². The van der Waals surface area contributed by atoms with Crippen LogP contribution in [0.4, 0.5) is 0 Å². The summed E-state index contributed by atoms with van der Waals surface area (Å²) in [6, 6.07) is 11.2. The molecule has 1 unspecified atom stereocenters. The van der Waals surface area contributed by atoms with Crippen LogP contribution in [-0.4, -0.2) is 12.6 Å². The lowest BCUT2D eigenvalue weighted by molar-refractivity contribution is 0.486. The van der Waals surface area contributed by atoms with E-state index in [2.05, 4.69) is 49.5 Å². The lowest BCUT2D eigenvalue weighted by Gasteiger charge is -2.17. The molecule has 0 saturated heterocycles. The van der Waals surface area contributed by atoms with E-state index in [-0.39, 0.29) is 0 Å². The second kappa shape index (κ2) is 7.15. The zero-order valence-electron chi connectivity index (χ0n) is 11.9. The van der Waals surface area contributed by atoms with E-state index in [9.17, 15) is 0 Å². The molecule has 0 fully saturated rings. The zero-order chi connectivity index (χ0) is 13.5. The number of benzene rings is 1. The fourth-order valence-corrected chi connectivity index (χ4v) is 2.48. The minimum absolute atomic E-state index is 0.516. The lowest BCUT2D eigenvalue weighted by atomic mass is 9.98. The Bertz CT molecular complexity index is 476. The molecule has 0 aliphatic carbocycles. The van der Waals surface area contributed by atoms with Gasteiger partial charge in [0.15, 0.2) is 0 Å². The molecule has 102 valence electrons. The largest absolute Gasteiger partial charge is 0.472 e. The van der Waals surface area contributed by atoms with E-state index in [4.69, 9.17) is 4.42 Å². The van der Waals surface area contributed by atoms with Crippen LogP contribution in [0.3, 0.4) is 0 Å². The molecule has 0 bridgehead atoms. The van der Waals surface area contributed by atoms with Crippen molar-refractivity contribution < 1.29 is 4.42 Å². The summed E-state index contributed by atoms with van der Waals surface area (Å²) in [5.41, 5.74) is 4.12. The van der Waals surface area contributed by atoms with Crippen LogP contribution in [0.2, 0.25) is 0 Å². The third kappa shape index (κ3) is 4.25. The van der Waals surface area contributed by atoms with Crippen molar-refractivity contribution in [2.45, 2.75) is 39.2 Å². The van der Waals surface area contributed by atoms with Gasteiger partial charge >= 0.3 is 0 Å². The second-order valence-electron chi connectivity index (χ2n) is 5.06. The highest BCUT2D eigenvalue weighted by molar-refractivity contribution is 5.25. The average Bonchev–Trinajstić information content (AvgIpc) is 2.91. The fraction of sp³-hybridized carbons (Fsp3) is 0.412. The van der Waals surface area contributed by atoms with Gasteiger partial charge in [-0.25, -0.2) is 0 Å². The highest BCUT2D eigenvalue weighted by atomic mass is 16.3. The van der Waals surface area contributed by atoms with Crippen molar-refractivity contribution in [2.24, 2.45) is 0 Å². The molecule has 2 rings (SSSR count). The van der Waals surface area contributed by atoms with Crippen LogP contribution in [0.5, 0.6) is 0 Å². The number of nitrogens with one attached hydrogen (secondary N) is 1. The maximum Gasteiger partial charge on any atom is 0.0935 e. The number of rotatable bonds is 7. The summed E-state index contributed by atoms with van der Waals surface area (Å²) in [4.78, 5) is 0. The first-order chi connectivity index (χ1) is 9.29. The van der Waals surface area contributed by atoms with E-state index < -0.39 is 0 Å². The molecule has 1 heterocycles. The topological polar surface area (TPSA) is 25.2 Å². The number of furan rings is 1. The van der Waals surface area contributed by atoms with Crippen LogP contribution < -0.4 is 5.32 Å².